The van der Waals surface area contributed by atoms with E-state index in [1.807, 2.05) is 0 Å². The van der Waals surface area contributed by atoms with Gasteiger partial charge in [0.1, 0.15) is 0 Å². The molecule has 2 N–H and O–H groups in total. The first-order valence-corrected chi connectivity index (χ1v) is 6.39. The third-order valence-electron chi connectivity index (χ3n) is 3.83. The van der Waals surface area contributed by atoms with Crippen molar-refractivity contribution in [2.75, 3.05) is 0 Å². The number of hydrogen-bond donors (Lipinski definition) is 1. The summed E-state index contributed by atoms with van der Waals surface area (Å²) >= 11 is 0. The van der Waals surface area contributed by atoms with Crippen molar-refractivity contribution in [3.8, 4) is 0 Å². The van der Waals surface area contributed by atoms with Crippen molar-refractivity contribution >= 4 is 0 Å². The minimum Gasteiger partial charge on any atom is -0.327 e. The maximum atomic E-state index is 6.27. The Hall–Kier alpha value is -0.0400. The van der Waals surface area contributed by atoms with Gasteiger partial charge in [0.25, 0.3) is 0 Å². The molecule has 0 heterocycles. The van der Waals surface area contributed by atoms with Gasteiger partial charge in [-0.05, 0) is 29.6 Å². The molecule has 0 radical (unpaired) electrons. The number of rotatable bonds is 5. The highest BCUT2D eigenvalue weighted by Gasteiger charge is 2.33. The second-order valence-electron chi connectivity index (χ2n) is 6.77. The summed E-state index contributed by atoms with van der Waals surface area (Å²) in [7, 11) is 0. The summed E-state index contributed by atoms with van der Waals surface area (Å²) in [6.07, 6.45) is 3.56. The van der Waals surface area contributed by atoms with Crippen LogP contribution in [0, 0.1) is 16.7 Å². The molecule has 0 aromatic rings. The van der Waals surface area contributed by atoms with Crippen molar-refractivity contribution in [1.29, 1.82) is 0 Å². The van der Waals surface area contributed by atoms with Crippen LogP contribution in [0.3, 0.4) is 0 Å². The van der Waals surface area contributed by atoms with E-state index in [9.17, 15) is 0 Å². The van der Waals surface area contributed by atoms with Gasteiger partial charge >= 0.3 is 0 Å². The molecule has 0 aromatic heterocycles. The van der Waals surface area contributed by atoms with Crippen LogP contribution in [-0.4, -0.2) is 6.04 Å². The Bertz CT molecular complexity index is 176. The third-order valence-corrected chi connectivity index (χ3v) is 3.83. The van der Waals surface area contributed by atoms with Gasteiger partial charge in [0.05, 0.1) is 0 Å². The zero-order valence-electron chi connectivity index (χ0n) is 11.9. The lowest BCUT2D eigenvalue weighted by molar-refractivity contribution is 0.124. The summed E-state index contributed by atoms with van der Waals surface area (Å²) in [6, 6.07) is 0.343. The maximum Gasteiger partial charge on any atom is 0.00697 e. The highest BCUT2D eigenvalue weighted by molar-refractivity contribution is 4.86. The van der Waals surface area contributed by atoms with E-state index in [1.54, 1.807) is 0 Å². The highest BCUT2D eigenvalue weighted by Crippen LogP contribution is 2.39. The van der Waals surface area contributed by atoms with Crippen LogP contribution in [0.2, 0.25) is 0 Å². The van der Waals surface area contributed by atoms with Crippen molar-refractivity contribution in [1.82, 2.24) is 0 Å². The molecule has 2 atom stereocenters. The van der Waals surface area contributed by atoms with Crippen molar-refractivity contribution in [3.05, 3.63) is 0 Å². The Morgan fingerprint density at radius 2 is 1.47 bits per heavy atom. The molecule has 0 saturated carbocycles. The van der Waals surface area contributed by atoms with Crippen LogP contribution >= 0.6 is 0 Å². The zero-order chi connectivity index (χ0) is 12.3. The molecule has 0 fully saturated rings. The Kier molecular flexibility index (Phi) is 5.32. The molecule has 0 aliphatic heterocycles. The first-order chi connectivity index (χ1) is 6.64. The summed E-state index contributed by atoms with van der Waals surface area (Å²) in [6.45, 7) is 16.1. The normalized spacial score (nSPS) is 17.6. The second kappa shape index (κ2) is 5.34. The van der Waals surface area contributed by atoms with Crippen molar-refractivity contribution < 1.29 is 0 Å². The average Bonchev–Trinajstić information content (AvgIpc) is 2.11. The van der Waals surface area contributed by atoms with Gasteiger partial charge in [-0.25, -0.2) is 0 Å². The first-order valence-electron chi connectivity index (χ1n) is 6.39. The number of hydrogen-bond acceptors (Lipinski definition) is 1. The van der Waals surface area contributed by atoms with Gasteiger partial charge in [-0.3, -0.25) is 0 Å². The molecule has 0 bridgehead atoms. The lowest BCUT2D eigenvalue weighted by Crippen LogP contribution is -2.40. The predicted molar refractivity (Wildman–Crippen MR) is 69.9 cm³/mol. The predicted octanol–water partition coefficient (Wildman–Crippen LogP) is 4.21. The Labute approximate surface area is 96.8 Å². The van der Waals surface area contributed by atoms with Crippen LogP contribution in [0.25, 0.3) is 0 Å². The fourth-order valence-electron chi connectivity index (χ4n) is 2.12. The van der Waals surface area contributed by atoms with Crippen LogP contribution in [0.4, 0.5) is 0 Å². The maximum absolute atomic E-state index is 6.27. The number of nitrogens with two attached hydrogens (primary N) is 1. The molecule has 0 aromatic carbocycles. The molecule has 92 valence electrons. The molecule has 0 saturated heterocycles. The highest BCUT2D eigenvalue weighted by atomic mass is 14.7. The quantitative estimate of drug-likeness (QED) is 0.727. The summed E-state index contributed by atoms with van der Waals surface area (Å²) < 4.78 is 0. The molecule has 0 spiro atoms. The molecular weight excluding hydrogens is 182 g/mol. The summed E-state index contributed by atoms with van der Waals surface area (Å²) in [5.74, 6) is 0.623. The minimum atomic E-state index is 0.321. The van der Waals surface area contributed by atoms with Gasteiger partial charge < -0.3 is 5.73 Å². The van der Waals surface area contributed by atoms with Gasteiger partial charge in [-0.1, -0.05) is 54.9 Å². The first kappa shape index (κ1) is 15.0. The van der Waals surface area contributed by atoms with Gasteiger partial charge in [0.15, 0.2) is 0 Å². The SMILES string of the molecule is CC[C@@H](N)[C@H](CC(C)(C)CC)C(C)(C)C. The smallest absolute Gasteiger partial charge is 0.00697 e. The largest absolute Gasteiger partial charge is 0.327 e. The monoisotopic (exact) mass is 213 g/mol. The van der Waals surface area contributed by atoms with E-state index in [2.05, 4.69) is 48.5 Å². The van der Waals surface area contributed by atoms with Crippen molar-refractivity contribution in [2.45, 2.75) is 73.8 Å². The van der Waals surface area contributed by atoms with Gasteiger partial charge in [-0.2, -0.15) is 0 Å². The van der Waals surface area contributed by atoms with Crippen LogP contribution < -0.4 is 5.73 Å². The second-order valence-corrected chi connectivity index (χ2v) is 6.77. The molecule has 0 rings (SSSR count). The van der Waals surface area contributed by atoms with Crippen LogP contribution in [-0.2, 0) is 0 Å². The minimum absolute atomic E-state index is 0.321. The Balaban J connectivity index is 4.67. The van der Waals surface area contributed by atoms with Crippen LogP contribution in [0.1, 0.15) is 67.7 Å². The van der Waals surface area contributed by atoms with Gasteiger partial charge in [-0.15, -0.1) is 0 Å². The molecule has 0 aliphatic rings. The van der Waals surface area contributed by atoms with E-state index in [0.29, 0.717) is 22.8 Å². The third kappa shape index (κ3) is 5.01. The topological polar surface area (TPSA) is 26.0 Å². The summed E-state index contributed by atoms with van der Waals surface area (Å²) in [5.41, 5.74) is 7.01. The lowest BCUT2D eigenvalue weighted by Gasteiger charge is -2.40. The molecule has 15 heavy (non-hydrogen) atoms. The molecule has 1 heteroatoms. The Morgan fingerprint density at radius 3 is 1.73 bits per heavy atom. The fraction of sp³-hybridized carbons (Fsp3) is 1.00. The van der Waals surface area contributed by atoms with Crippen molar-refractivity contribution in [3.63, 3.8) is 0 Å². The lowest BCUT2D eigenvalue weighted by atomic mass is 9.67. The van der Waals surface area contributed by atoms with E-state index in [-0.39, 0.29) is 0 Å². The standard InChI is InChI=1S/C14H31N/c1-8-12(15)11(13(3,4)5)10-14(6,7)9-2/h11-12H,8-10,15H2,1-7H3/t11-,12+/m0/s1. The van der Waals surface area contributed by atoms with Crippen LogP contribution in [0.5, 0.6) is 0 Å². The van der Waals surface area contributed by atoms with E-state index in [0.717, 1.165) is 6.42 Å². The molecular formula is C14H31N. The molecule has 1 nitrogen and oxygen atoms in total. The van der Waals surface area contributed by atoms with Gasteiger partial charge in [0, 0.05) is 6.04 Å². The van der Waals surface area contributed by atoms with Crippen LogP contribution in [0.15, 0.2) is 0 Å². The summed E-state index contributed by atoms with van der Waals surface area (Å²) in [5, 5.41) is 0. The molecule has 0 unspecified atom stereocenters. The van der Waals surface area contributed by atoms with E-state index >= 15 is 0 Å². The van der Waals surface area contributed by atoms with Crippen molar-refractivity contribution in [2.24, 2.45) is 22.5 Å². The molecule has 0 amide bonds. The molecule has 0 aliphatic carbocycles. The fourth-order valence-corrected chi connectivity index (χ4v) is 2.12. The average molecular weight is 213 g/mol. The Morgan fingerprint density at radius 1 is 1.00 bits per heavy atom. The zero-order valence-corrected chi connectivity index (χ0v) is 11.9. The van der Waals surface area contributed by atoms with E-state index < -0.39 is 0 Å². The van der Waals surface area contributed by atoms with E-state index in [4.69, 9.17) is 5.73 Å². The summed E-state index contributed by atoms with van der Waals surface area (Å²) in [4.78, 5) is 0. The van der Waals surface area contributed by atoms with E-state index in [1.165, 1.54) is 12.8 Å². The van der Waals surface area contributed by atoms with Gasteiger partial charge in [0.2, 0.25) is 0 Å².